The van der Waals surface area contributed by atoms with Crippen LogP contribution in [0.1, 0.15) is 29.6 Å². The number of H-pyrrole nitrogens is 1. The predicted molar refractivity (Wildman–Crippen MR) is 91.7 cm³/mol. The van der Waals surface area contributed by atoms with Gasteiger partial charge in [-0.3, -0.25) is 19.7 Å². The monoisotopic (exact) mass is 322 g/mol. The second-order valence-electron chi connectivity index (χ2n) is 6.52. The number of fused-ring (bicyclic) bond motifs is 5. The number of hydrogen-bond acceptors (Lipinski definition) is 5. The summed E-state index contributed by atoms with van der Waals surface area (Å²) in [7, 11) is 1.79. The number of benzene rings is 1. The molecule has 2 aromatic rings. The number of aromatic nitrogens is 2. The van der Waals surface area contributed by atoms with Crippen LogP contribution in [0.15, 0.2) is 35.3 Å². The van der Waals surface area contributed by atoms with Gasteiger partial charge in [-0.2, -0.15) is 5.10 Å². The summed E-state index contributed by atoms with van der Waals surface area (Å²) in [6, 6.07) is 10.4. The molecule has 1 aromatic heterocycles. The number of nitrogens with one attached hydrogen (secondary N) is 2. The van der Waals surface area contributed by atoms with Crippen molar-refractivity contribution in [2.45, 2.75) is 31.3 Å². The molecule has 0 spiro atoms. The van der Waals surface area contributed by atoms with E-state index in [2.05, 4.69) is 20.4 Å². The zero-order valence-corrected chi connectivity index (χ0v) is 13.4. The van der Waals surface area contributed by atoms with E-state index in [0.717, 1.165) is 24.5 Å². The van der Waals surface area contributed by atoms with Crippen LogP contribution in [0.5, 0.6) is 0 Å². The van der Waals surface area contributed by atoms with E-state index in [4.69, 9.17) is 4.99 Å². The fourth-order valence-electron chi connectivity index (χ4n) is 3.96. The maximum Gasteiger partial charge on any atom is 0.267 e. The minimum absolute atomic E-state index is 0.0767. The van der Waals surface area contributed by atoms with Gasteiger partial charge in [0.1, 0.15) is 11.4 Å². The molecule has 2 N–H and O–H groups in total. The van der Waals surface area contributed by atoms with Gasteiger partial charge in [-0.05, 0) is 31.4 Å². The topological polar surface area (TPSA) is 76.6 Å². The maximum atomic E-state index is 12.9. The number of carbonyl (C=O) groups excluding carboxylic acids is 1. The third kappa shape index (κ3) is 1.75. The van der Waals surface area contributed by atoms with Gasteiger partial charge in [-0.1, -0.05) is 18.2 Å². The molecule has 1 aromatic carbocycles. The first kappa shape index (κ1) is 13.6. The van der Waals surface area contributed by atoms with Gasteiger partial charge in [0.25, 0.3) is 5.91 Å². The van der Waals surface area contributed by atoms with Crippen LogP contribution in [0.4, 0.5) is 17.3 Å². The summed E-state index contributed by atoms with van der Waals surface area (Å²) >= 11 is 0. The van der Waals surface area contributed by atoms with E-state index in [1.54, 1.807) is 11.9 Å². The number of carbonyl (C=O) groups is 1. The number of nitrogens with zero attached hydrogens (tertiary/aromatic N) is 4. The van der Waals surface area contributed by atoms with Crippen LogP contribution in [0, 0.1) is 0 Å². The molecule has 1 fully saturated rings. The Hall–Kier alpha value is -2.83. The van der Waals surface area contributed by atoms with Gasteiger partial charge in [0, 0.05) is 12.7 Å². The molecule has 7 heteroatoms. The number of para-hydroxylation sites is 1. The molecule has 2 aliphatic heterocycles. The lowest BCUT2D eigenvalue weighted by atomic mass is 10.1. The summed E-state index contributed by atoms with van der Waals surface area (Å²) in [6.45, 7) is 0. The highest BCUT2D eigenvalue weighted by atomic mass is 16.2. The van der Waals surface area contributed by atoms with Crippen molar-refractivity contribution in [3.63, 3.8) is 0 Å². The highest BCUT2D eigenvalue weighted by Gasteiger charge is 2.48. The molecule has 1 saturated carbocycles. The molecule has 3 aliphatic rings. The fraction of sp³-hybridized carbons (Fsp3) is 0.353. The Morgan fingerprint density at radius 3 is 2.92 bits per heavy atom. The summed E-state index contributed by atoms with van der Waals surface area (Å²) in [5.74, 6) is 1.99. The van der Waals surface area contributed by atoms with E-state index in [0.29, 0.717) is 23.2 Å². The number of amides is 1. The van der Waals surface area contributed by atoms with E-state index in [1.807, 2.05) is 30.3 Å². The second-order valence-corrected chi connectivity index (χ2v) is 6.52. The van der Waals surface area contributed by atoms with Crippen molar-refractivity contribution in [1.82, 2.24) is 15.1 Å². The third-order valence-corrected chi connectivity index (χ3v) is 5.11. The summed E-state index contributed by atoms with van der Waals surface area (Å²) in [6.07, 6.45) is 3.35. The lowest BCUT2D eigenvalue weighted by Gasteiger charge is -2.34. The molecule has 122 valence electrons. The smallest absolute Gasteiger partial charge is 0.267 e. The van der Waals surface area contributed by atoms with Crippen molar-refractivity contribution in [2.75, 3.05) is 17.3 Å². The standard InChI is InChI=1S/C17H18N6O/c1-22-16(24)13-14(18-10-6-3-2-4-7-10)20-21-15(13)23-12-9-5-8-11(12)19-17(22)23/h2-4,6-7,11-12H,5,8-9H2,1H3,(H2,18,20,21). The van der Waals surface area contributed by atoms with Crippen LogP contribution >= 0.6 is 0 Å². The second kappa shape index (κ2) is 4.83. The van der Waals surface area contributed by atoms with Gasteiger partial charge in [0.2, 0.25) is 5.96 Å². The Balaban J connectivity index is 1.59. The Kier molecular flexibility index (Phi) is 2.74. The summed E-state index contributed by atoms with van der Waals surface area (Å²) in [4.78, 5) is 21.4. The van der Waals surface area contributed by atoms with E-state index < -0.39 is 0 Å². The molecular formula is C17H18N6O. The van der Waals surface area contributed by atoms with Gasteiger partial charge in [-0.25, -0.2) is 4.99 Å². The van der Waals surface area contributed by atoms with Crippen LogP contribution < -0.4 is 10.2 Å². The average molecular weight is 322 g/mol. The number of anilines is 3. The first-order valence-corrected chi connectivity index (χ1v) is 8.29. The largest absolute Gasteiger partial charge is 0.340 e. The highest BCUT2D eigenvalue weighted by molar-refractivity contribution is 6.21. The van der Waals surface area contributed by atoms with Crippen LogP contribution in [0.2, 0.25) is 0 Å². The van der Waals surface area contributed by atoms with Crippen LogP contribution in [-0.2, 0) is 0 Å². The van der Waals surface area contributed by atoms with Crippen molar-refractivity contribution in [3.05, 3.63) is 35.9 Å². The third-order valence-electron chi connectivity index (χ3n) is 5.11. The van der Waals surface area contributed by atoms with E-state index in [1.165, 1.54) is 6.42 Å². The number of guanidine groups is 1. The molecule has 3 heterocycles. The molecule has 2 atom stereocenters. The van der Waals surface area contributed by atoms with Gasteiger partial charge in [0.15, 0.2) is 5.82 Å². The number of aromatic amines is 1. The molecule has 0 saturated heterocycles. The van der Waals surface area contributed by atoms with Crippen molar-refractivity contribution in [2.24, 2.45) is 4.99 Å². The van der Waals surface area contributed by atoms with Gasteiger partial charge in [-0.15, -0.1) is 0 Å². The van der Waals surface area contributed by atoms with E-state index in [9.17, 15) is 4.79 Å². The SMILES string of the molecule is CN1C(=O)c2c(n[nH]c2Nc2ccccc2)N2C1=NC1CCCC12. The minimum Gasteiger partial charge on any atom is -0.340 e. The Bertz CT molecular complexity index is 842. The zero-order valence-electron chi connectivity index (χ0n) is 13.4. The molecule has 5 rings (SSSR count). The van der Waals surface area contributed by atoms with Crippen LogP contribution in [0.25, 0.3) is 0 Å². The Morgan fingerprint density at radius 2 is 2.08 bits per heavy atom. The predicted octanol–water partition coefficient (Wildman–Crippen LogP) is 2.34. The van der Waals surface area contributed by atoms with E-state index in [-0.39, 0.29) is 11.9 Å². The summed E-state index contributed by atoms with van der Waals surface area (Å²) < 4.78 is 0. The number of rotatable bonds is 2. The van der Waals surface area contributed by atoms with E-state index >= 15 is 0 Å². The summed E-state index contributed by atoms with van der Waals surface area (Å²) in [5.41, 5.74) is 1.51. The summed E-state index contributed by atoms with van der Waals surface area (Å²) in [5, 5.41) is 10.7. The van der Waals surface area contributed by atoms with Crippen molar-refractivity contribution >= 4 is 29.2 Å². The molecule has 1 amide bonds. The number of aliphatic imine (C=N–C) groups is 1. The lowest BCUT2D eigenvalue weighted by molar-refractivity contribution is 0.0866. The van der Waals surface area contributed by atoms with Crippen LogP contribution in [-0.4, -0.2) is 46.1 Å². The van der Waals surface area contributed by atoms with Gasteiger partial charge in [0.05, 0.1) is 12.1 Å². The highest BCUT2D eigenvalue weighted by Crippen LogP contribution is 2.41. The number of hydrogen-bond donors (Lipinski definition) is 2. The van der Waals surface area contributed by atoms with Gasteiger partial charge < -0.3 is 5.32 Å². The Morgan fingerprint density at radius 1 is 1.25 bits per heavy atom. The van der Waals surface area contributed by atoms with Gasteiger partial charge >= 0.3 is 0 Å². The van der Waals surface area contributed by atoms with Crippen molar-refractivity contribution in [1.29, 1.82) is 0 Å². The minimum atomic E-state index is -0.0767. The molecule has 7 nitrogen and oxygen atoms in total. The lowest BCUT2D eigenvalue weighted by Crippen LogP contribution is -2.51. The molecule has 24 heavy (non-hydrogen) atoms. The normalized spacial score (nSPS) is 24.5. The quantitative estimate of drug-likeness (QED) is 0.890. The average Bonchev–Trinajstić information content (AvgIpc) is 3.27. The first-order valence-electron chi connectivity index (χ1n) is 8.29. The van der Waals surface area contributed by atoms with Crippen molar-refractivity contribution in [3.8, 4) is 0 Å². The molecule has 0 bridgehead atoms. The molecule has 2 unspecified atom stereocenters. The maximum absolute atomic E-state index is 12.9. The van der Waals surface area contributed by atoms with Crippen LogP contribution in [0.3, 0.4) is 0 Å². The molecule has 0 radical (unpaired) electrons. The zero-order chi connectivity index (χ0) is 16.3. The van der Waals surface area contributed by atoms with Crippen molar-refractivity contribution < 1.29 is 4.79 Å². The first-order chi connectivity index (χ1) is 11.7. The Labute approximate surface area is 139 Å². The fourth-order valence-corrected chi connectivity index (χ4v) is 3.96. The molecule has 1 aliphatic carbocycles. The molecular weight excluding hydrogens is 304 g/mol.